The Balaban J connectivity index is 1.74. The third kappa shape index (κ3) is 3.57. The van der Waals surface area contributed by atoms with Crippen molar-refractivity contribution in [1.82, 2.24) is 10.6 Å². The number of aryl methyl sites for hydroxylation is 3. The minimum Gasteiger partial charge on any atom is -0.356 e. The lowest BCUT2D eigenvalue weighted by Gasteiger charge is -2.27. The zero-order valence-electron chi connectivity index (χ0n) is 11.3. The maximum atomic E-state index is 11.7. The third-order valence-corrected chi connectivity index (χ3v) is 3.57. The summed E-state index contributed by atoms with van der Waals surface area (Å²) < 4.78 is 0. The van der Waals surface area contributed by atoms with Crippen LogP contribution in [0.2, 0.25) is 0 Å². The summed E-state index contributed by atoms with van der Waals surface area (Å²) in [5.74, 6) is 0.803. The predicted molar refractivity (Wildman–Crippen MR) is 73.6 cm³/mol. The van der Waals surface area contributed by atoms with Gasteiger partial charge in [0.2, 0.25) is 5.91 Å². The van der Waals surface area contributed by atoms with E-state index in [1.165, 1.54) is 16.7 Å². The predicted octanol–water partition coefficient (Wildman–Crippen LogP) is 1.57. The van der Waals surface area contributed by atoms with Crippen molar-refractivity contribution < 1.29 is 4.79 Å². The molecule has 18 heavy (non-hydrogen) atoms. The molecule has 0 unspecified atom stereocenters. The second kappa shape index (κ2) is 6.01. The lowest BCUT2D eigenvalue weighted by Crippen LogP contribution is -2.48. The molecule has 0 aromatic heterocycles. The Kier molecular flexibility index (Phi) is 4.37. The first-order valence-corrected chi connectivity index (χ1v) is 6.68. The maximum absolute atomic E-state index is 11.7. The normalized spacial score (nSPS) is 15.2. The summed E-state index contributed by atoms with van der Waals surface area (Å²) in [7, 11) is 0. The summed E-state index contributed by atoms with van der Waals surface area (Å²) in [6.45, 7) is 7.10. The fourth-order valence-corrected chi connectivity index (χ4v) is 2.21. The van der Waals surface area contributed by atoms with Gasteiger partial charge in [0.15, 0.2) is 0 Å². The topological polar surface area (TPSA) is 41.1 Å². The molecule has 0 saturated carbocycles. The Morgan fingerprint density at radius 1 is 1.39 bits per heavy atom. The molecule has 1 amide bonds. The van der Waals surface area contributed by atoms with Crippen LogP contribution in [-0.2, 0) is 11.2 Å². The van der Waals surface area contributed by atoms with E-state index in [2.05, 4.69) is 42.7 Å². The number of carbonyl (C=O) groups excluding carboxylic acids is 1. The van der Waals surface area contributed by atoms with E-state index in [1.54, 1.807) is 0 Å². The molecule has 2 rings (SSSR count). The standard InChI is InChI=1S/C15H22N2O/c1-11-3-4-14(12(2)7-11)5-6-15(18)17-10-13-8-16-9-13/h3-4,7,13,16H,5-6,8-10H2,1-2H3,(H,17,18). The van der Waals surface area contributed by atoms with E-state index in [0.717, 1.165) is 26.1 Å². The van der Waals surface area contributed by atoms with E-state index in [1.807, 2.05) is 0 Å². The molecule has 3 nitrogen and oxygen atoms in total. The summed E-state index contributed by atoms with van der Waals surface area (Å²) in [6.07, 6.45) is 1.42. The smallest absolute Gasteiger partial charge is 0.220 e. The number of hydrogen-bond donors (Lipinski definition) is 2. The van der Waals surface area contributed by atoms with E-state index in [0.29, 0.717) is 12.3 Å². The van der Waals surface area contributed by atoms with Gasteiger partial charge in [-0.15, -0.1) is 0 Å². The Morgan fingerprint density at radius 3 is 2.78 bits per heavy atom. The molecule has 0 atom stereocenters. The van der Waals surface area contributed by atoms with Crippen LogP contribution in [0, 0.1) is 19.8 Å². The first-order chi connectivity index (χ1) is 8.65. The maximum Gasteiger partial charge on any atom is 0.220 e. The van der Waals surface area contributed by atoms with Gasteiger partial charge in [0.25, 0.3) is 0 Å². The van der Waals surface area contributed by atoms with Crippen molar-refractivity contribution in [2.24, 2.45) is 5.92 Å². The van der Waals surface area contributed by atoms with Crippen LogP contribution in [0.5, 0.6) is 0 Å². The van der Waals surface area contributed by atoms with Gasteiger partial charge in [0.1, 0.15) is 0 Å². The highest BCUT2D eigenvalue weighted by atomic mass is 16.1. The Morgan fingerprint density at radius 2 is 2.17 bits per heavy atom. The van der Waals surface area contributed by atoms with E-state index in [-0.39, 0.29) is 5.91 Å². The van der Waals surface area contributed by atoms with Crippen LogP contribution in [0.4, 0.5) is 0 Å². The summed E-state index contributed by atoms with van der Waals surface area (Å²) in [5.41, 5.74) is 3.84. The van der Waals surface area contributed by atoms with Gasteiger partial charge in [-0.1, -0.05) is 23.8 Å². The molecule has 1 fully saturated rings. The number of carbonyl (C=O) groups is 1. The van der Waals surface area contributed by atoms with Crippen LogP contribution in [0.1, 0.15) is 23.1 Å². The first kappa shape index (κ1) is 13.1. The summed E-state index contributed by atoms with van der Waals surface area (Å²) in [4.78, 5) is 11.7. The minimum atomic E-state index is 0.168. The molecule has 1 aromatic carbocycles. The van der Waals surface area contributed by atoms with E-state index >= 15 is 0 Å². The molecular weight excluding hydrogens is 224 g/mol. The molecule has 3 heteroatoms. The fourth-order valence-electron chi connectivity index (χ4n) is 2.21. The largest absolute Gasteiger partial charge is 0.356 e. The lowest BCUT2D eigenvalue weighted by molar-refractivity contribution is -0.121. The van der Waals surface area contributed by atoms with Crippen molar-refractivity contribution in [1.29, 1.82) is 0 Å². The van der Waals surface area contributed by atoms with Crippen LogP contribution in [0.25, 0.3) is 0 Å². The molecule has 0 aliphatic carbocycles. The van der Waals surface area contributed by atoms with Crippen LogP contribution in [0.15, 0.2) is 18.2 Å². The Labute approximate surface area is 109 Å². The fraction of sp³-hybridized carbons (Fsp3) is 0.533. The second-order valence-electron chi connectivity index (χ2n) is 5.26. The SMILES string of the molecule is Cc1ccc(CCC(=O)NCC2CNC2)c(C)c1. The number of rotatable bonds is 5. The van der Waals surface area contributed by atoms with E-state index in [9.17, 15) is 4.79 Å². The quantitative estimate of drug-likeness (QED) is 0.828. The van der Waals surface area contributed by atoms with Gasteiger partial charge >= 0.3 is 0 Å². The number of amides is 1. The summed E-state index contributed by atoms with van der Waals surface area (Å²) >= 11 is 0. The highest BCUT2D eigenvalue weighted by Crippen LogP contribution is 2.12. The average molecular weight is 246 g/mol. The molecule has 0 bridgehead atoms. The molecular formula is C15H22N2O. The molecule has 1 aromatic rings. The highest BCUT2D eigenvalue weighted by molar-refractivity contribution is 5.76. The minimum absolute atomic E-state index is 0.168. The van der Waals surface area contributed by atoms with E-state index in [4.69, 9.17) is 0 Å². The van der Waals surface area contributed by atoms with Crippen molar-refractivity contribution in [3.8, 4) is 0 Å². The first-order valence-electron chi connectivity index (χ1n) is 6.68. The van der Waals surface area contributed by atoms with Gasteiger partial charge in [-0.3, -0.25) is 4.79 Å². The number of nitrogens with one attached hydrogen (secondary N) is 2. The Hall–Kier alpha value is -1.35. The van der Waals surface area contributed by atoms with Crippen LogP contribution < -0.4 is 10.6 Å². The number of benzene rings is 1. The van der Waals surface area contributed by atoms with Crippen molar-refractivity contribution >= 4 is 5.91 Å². The Bertz CT molecular complexity index is 425. The zero-order chi connectivity index (χ0) is 13.0. The lowest BCUT2D eigenvalue weighted by atomic mass is 10.0. The molecule has 1 aliphatic heterocycles. The molecule has 1 saturated heterocycles. The molecule has 1 aliphatic rings. The van der Waals surface area contributed by atoms with Gasteiger partial charge in [0.05, 0.1) is 0 Å². The highest BCUT2D eigenvalue weighted by Gasteiger charge is 2.16. The molecule has 0 radical (unpaired) electrons. The van der Waals surface area contributed by atoms with Crippen LogP contribution in [0.3, 0.4) is 0 Å². The van der Waals surface area contributed by atoms with Gasteiger partial charge in [-0.2, -0.15) is 0 Å². The van der Waals surface area contributed by atoms with E-state index < -0.39 is 0 Å². The molecule has 2 N–H and O–H groups in total. The molecule has 0 spiro atoms. The molecule has 98 valence electrons. The van der Waals surface area contributed by atoms with Crippen molar-refractivity contribution in [2.75, 3.05) is 19.6 Å². The third-order valence-electron chi connectivity index (χ3n) is 3.57. The van der Waals surface area contributed by atoms with Gasteiger partial charge in [-0.25, -0.2) is 0 Å². The summed E-state index contributed by atoms with van der Waals surface area (Å²) in [6, 6.07) is 6.42. The van der Waals surface area contributed by atoms with Crippen LogP contribution >= 0.6 is 0 Å². The van der Waals surface area contributed by atoms with Crippen LogP contribution in [-0.4, -0.2) is 25.5 Å². The molecule has 1 heterocycles. The van der Waals surface area contributed by atoms with Gasteiger partial charge in [0, 0.05) is 32.0 Å². The zero-order valence-corrected chi connectivity index (χ0v) is 11.3. The average Bonchev–Trinajstić information content (AvgIpc) is 2.25. The number of hydrogen-bond acceptors (Lipinski definition) is 2. The van der Waals surface area contributed by atoms with Gasteiger partial charge in [-0.05, 0) is 31.4 Å². The second-order valence-corrected chi connectivity index (χ2v) is 5.26. The monoisotopic (exact) mass is 246 g/mol. The van der Waals surface area contributed by atoms with Gasteiger partial charge < -0.3 is 10.6 Å². The summed E-state index contributed by atoms with van der Waals surface area (Å²) in [5, 5.41) is 6.21. The van der Waals surface area contributed by atoms with Crippen molar-refractivity contribution in [2.45, 2.75) is 26.7 Å². The van der Waals surface area contributed by atoms with Crippen molar-refractivity contribution in [3.05, 3.63) is 34.9 Å². The van der Waals surface area contributed by atoms with Crippen molar-refractivity contribution in [3.63, 3.8) is 0 Å².